The molecule has 3 rings (SSSR count). The Labute approximate surface area is 146 Å². The van der Waals surface area contributed by atoms with Crippen LogP contribution in [-0.4, -0.2) is 22.3 Å². The zero-order chi connectivity index (χ0) is 18.1. The van der Waals surface area contributed by atoms with E-state index in [1.807, 2.05) is 31.2 Å². The van der Waals surface area contributed by atoms with Gasteiger partial charge in [0.2, 0.25) is 0 Å². The molecule has 0 radical (unpaired) electrons. The summed E-state index contributed by atoms with van der Waals surface area (Å²) in [5.74, 6) is 6.74. The minimum atomic E-state index is -0.381. The maximum absolute atomic E-state index is 12.7. The Balaban J connectivity index is 2.02. The van der Waals surface area contributed by atoms with E-state index < -0.39 is 0 Å². The van der Waals surface area contributed by atoms with Crippen LogP contribution in [0.15, 0.2) is 46.5 Å². The monoisotopic (exact) mass is 336 g/mol. The Bertz CT molecular complexity index is 1020. The average molecular weight is 336 g/mol. The number of rotatable bonds is 2. The average Bonchev–Trinajstić information content (AvgIpc) is 2.92. The number of nitrogens with one attached hydrogen (secondary N) is 1. The second-order valence-electron chi connectivity index (χ2n) is 6.04. The summed E-state index contributed by atoms with van der Waals surface area (Å²) in [4.78, 5) is 26.8. The van der Waals surface area contributed by atoms with Crippen LogP contribution in [0.4, 0.5) is 11.5 Å². The minimum Gasteiger partial charge on any atom is -0.339 e. The first-order chi connectivity index (χ1) is 11.9. The smallest absolute Gasteiger partial charge is 0.332 e. The number of benzene rings is 1. The van der Waals surface area contributed by atoms with E-state index in [0.717, 1.165) is 11.1 Å². The third-order valence-electron chi connectivity index (χ3n) is 4.22. The highest BCUT2D eigenvalue weighted by molar-refractivity contribution is 5.73. The Morgan fingerprint density at radius 3 is 2.76 bits per heavy atom. The molecule has 1 N–H and O–H groups in total. The van der Waals surface area contributed by atoms with Crippen LogP contribution in [-0.2, 0) is 13.6 Å². The first kappa shape index (κ1) is 16.7. The molecule has 0 aliphatic carbocycles. The third kappa shape index (κ3) is 2.85. The summed E-state index contributed by atoms with van der Waals surface area (Å²) in [6.07, 6.45) is 1.15. The van der Waals surface area contributed by atoms with Crippen LogP contribution < -0.4 is 21.5 Å². The predicted octanol–water partition coefficient (Wildman–Crippen LogP) is 1.28. The highest BCUT2D eigenvalue weighted by Crippen LogP contribution is 2.27. The molecule has 0 spiro atoms. The first-order valence-corrected chi connectivity index (χ1v) is 7.96. The summed E-state index contributed by atoms with van der Waals surface area (Å²) in [6, 6.07) is 7.91. The molecule has 1 aromatic heterocycles. The van der Waals surface area contributed by atoms with Gasteiger partial charge in [0.25, 0.3) is 5.56 Å². The van der Waals surface area contributed by atoms with E-state index in [0.29, 0.717) is 11.5 Å². The molecule has 0 fully saturated rings. The molecule has 25 heavy (non-hydrogen) atoms. The number of aryl methyl sites for hydroxylation is 1. The van der Waals surface area contributed by atoms with Crippen molar-refractivity contribution in [1.82, 2.24) is 9.13 Å². The Morgan fingerprint density at radius 2 is 2.08 bits per heavy atom. The molecule has 0 amide bonds. The molecule has 2 heterocycles. The molecule has 0 saturated carbocycles. The predicted molar refractivity (Wildman–Crippen MR) is 100 cm³/mol. The van der Waals surface area contributed by atoms with Crippen molar-refractivity contribution in [2.75, 3.05) is 17.3 Å². The highest BCUT2D eigenvalue weighted by Gasteiger charge is 2.31. The molecule has 0 bridgehead atoms. The van der Waals surface area contributed by atoms with Gasteiger partial charge in [-0.05, 0) is 24.6 Å². The largest absolute Gasteiger partial charge is 0.339 e. The second-order valence-corrected chi connectivity index (χ2v) is 6.04. The van der Waals surface area contributed by atoms with E-state index >= 15 is 0 Å². The molecular formula is C19H20N4O2. The lowest BCUT2D eigenvalue weighted by Crippen LogP contribution is -2.40. The van der Waals surface area contributed by atoms with Gasteiger partial charge in [-0.15, -0.1) is 6.58 Å². The van der Waals surface area contributed by atoms with Gasteiger partial charge in [0, 0.05) is 26.2 Å². The van der Waals surface area contributed by atoms with E-state index in [4.69, 9.17) is 0 Å². The van der Waals surface area contributed by atoms with Gasteiger partial charge in [0.15, 0.2) is 6.17 Å². The SMILES string of the molecule is C=CCn1c(=O)c2c(n(C)c1=O)NC(C#Cc1cccc(C)c1)N2C. The maximum atomic E-state index is 12.7. The van der Waals surface area contributed by atoms with Gasteiger partial charge in [-0.3, -0.25) is 13.9 Å². The lowest BCUT2D eigenvalue weighted by Gasteiger charge is -2.16. The molecule has 1 unspecified atom stereocenters. The van der Waals surface area contributed by atoms with Crippen molar-refractivity contribution in [3.8, 4) is 11.8 Å². The van der Waals surface area contributed by atoms with E-state index in [1.54, 1.807) is 19.0 Å². The number of hydrogen-bond donors (Lipinski definition) is 1. The third-order valence-corrected chi connectivity index (χ3v) is 4.22. The van der Waals surface area contributed by atoms with Gasteiger partial charge in [0.05, 0.1) is 0 Å². The summed E-state index contributed by atoms with van der Waals surface area (Å²) in [7, 11) is 3.43. The van der Waals surface area contributed by atoms with Gasteiger partial charge in [-0.1, -0.05) is 30.0 Å². The molecule has 1 aromatic carbocycles. The van der Waals surface area contributed by atoms with Gasteiger partial charge in [-0.25, -0.2) is 4.79 Å². The Hall–Kier alpha value is -3.20. The van der Waals surface area contributed by atoms with Crippen LogP contribution in [0, 0.1) is 18.8 Å². The Morgan fingerprint density at radius 1 is 1.32 bits per heavy atom. The summed E-state index contributed by atoms with van der Waals surface area (Å²) in [5, 5.41) is 3.16. The van der Waals surface area contributed by atoms with Crippen molar-refractivity contribution < 1.29 is 0 Å². The summed E-state index contributed by atoms with van der Waals surface area (Å²) in [5.41, 5.74) is 1.76. The standard InChI is InChI=1S/C19H20N4O2/c1-5-11-23-18(24)16-17(22(4)19(23)25)20-15(21(16)3)10-9-14-8-6-7-13(2)12-14/h5-8,12,15,20H,1,11H2,2-4H3. The lowest BCUT2D eigenvalue weighted by molar-refractivity contribution is 0.658. The molecule has 0 saturated heterocycles. The zero-order valence-electron chi connectivity index (χ0n) is 14.5. The van der Waals surface area contributed by atoms with Crippen LogP contribution in [0.25, 0.3) is 0 Å². The number of hydrogen-bond acceptors (Lipinski definition) is 4. The van der Waals surface area contributed by atoms with Crippen molar-refractivity contribution >= 4 is 11.5 Å². The van der Waals surface area contributed by atoms with Gasteiger partial charge in [0.1, 0.15) is 11.5 Å². The molecule has 2 aromatic rings. The van der Waals surface area contributed by atoms with E-state index in [9.17, 15) is 9.59 Å². The van der Waals surface area contributed by atoms with E-state index in [-0.39, 0.29) is 24.0 Å². The van der Waals surface area contributed by atoms with Crippen LogP contribution in [0.3, 0.4) is 0 Å². The number of allylic oxidation sites excluding steroid dienone is 1. The quantitative estimate of drug-likeness (QED) is 0.663. The second kappa shape index (κ2) is 6.36. The topological polar surface area (TPSA) is 59.3 Å². The van der Waals surface area contributed by atoms with Crippen molar-refractivity contribution in [3.63, 3.8) is 0 Å². The normalized spacial score (nSPS) is 15.2. The molecule has 6 heteroatoms. The summed E-state index contributed by atoms with van der Waals surface area (Å²) < 4.78 is 2.60. The lowest BCUT2D eigenvalue weighted by atomic mass is 10.1. The number of fused-ring (bicyclic) bond motifs is 1. The van der Waals surface area contributed by atoms with Gasteiger partial charge in [-0.2, -0.15) is 0 Å². The molecule has 6 nitrogen and oxygen atoms in total. The van der Waals surface area contributed by atoms with Crippen molar-refractivity contribution in [2.45, 2.75) is 19.6 Å². The molecule has 1 aliphatic heterocycles. The van der Waals surface area contributed by atoms with Crippen molar-refractivity contribution in [2.24, 2.45) is 7.05 Å². The van der Waals surface area contributed by atoms with Gasteiger partial charge >= 0.3 is 5.69 Å². The zero-order valence-corrected chi connectivity index (χ0v) is 14.5. The number of nitrogens with zero attached hydrogens (tertiary/aromatic N) is 3. The fourth-order valence-electron chi connectivity index (χ4n) is 2.89. The van der Waals surface area contributed by atoms with E-state index in [2.05, 4.69) is 23.7 Å². The van der Waals surface area contributed by atoms with Crippen LogP contribution >= 0.6 is 0 Å². The molecular weight excluding hydrogens is 316 g/mol. The fourth-order valence-corrected chi connectivity index (χ4v) is 2.89. The minimum absolute atomic E-state index is 0.173. The fraction of sp³-hybridized carbons (Fsp3) is 0.263. The molecule has 1 aliphatic rings. The first-order valence-electron chi connectivity index (χ1n) is 7.96. The van der Waals surface area contributed by atoms with E-state index in [1.165, 1.54) is 15.2 Å². The Kier molecular flexibility index (Phi) is 4.24. The maximum Gasteiger partial charge on any atom is 0.332 e. The molecule has 1 atom stereocenters. The number of aromatic nitrogens is 2. The van der Waals surface area contributed by atoms with Crippen LogP contribution in [0.5, 0.6) is 0 Å². The number of anilines is 2. The summed E-state index contributed by atoms with van der Waals surface area (Å²) in [6.45, 7) is 5.79. The van der Waals surface area contributed by atoms with Crippen molar-refractivity contribution in [3.05, 3.63) is 68.9 Å². The van der Waals surface area contributed by atoms with Crippen molar-refractivity contribution in [1.29, 1.82) is 0 Å². The molecule has 128 valence electrons. The highest BCUT2D eigenvalue weighted by atomic mass is 16.2. The van der Waals surface area contributed by atoms with Gasteiger partial charge < -0.3 is 10.2 Å². The van der Waals surface area contributed by atoms with Crippen LogP contribution in [0.2, 0.25) is 0 Å². The summed E-state index contributed by atoms with van der Waals surface area (Å²) >= 11 is 0. The van der Waals surface area contributed by atoms with Crippen LogP contribution in [0.1, 0.15) is 11.1 Å².